The Balaban J connectivity index is 1.39. The second-order valence-electron chi connectivity index (χ2n) is 11.0. The summed E-state index contributed by atoms with van der Waals surface area (Å²) < 4.78 is 46.5. The lowest BCUT2D eigenvalue weighted by Crippen LogP contribution is -2.30. The van der Waals surface area contributed by atoms with E-state index in [2.05, 4.69) is 4.98 Å². The molecule has 6 rings (SSSR count). The van der Waals surface area contributed by atoms with Crippen LogP contribution in [-0.4, -0.2) is 44.7 Å². The molecule has 216 valence electrons. The third-order valence-electron chi connectivity index (χ3n) is 8.18. The van der Waals surface area contributed by atoms with E-state index in [1.54, 1.807) is 32.0 Å². The van der Waals surface area contributed by atoms with Crippen molar-refractivity contribution in [2.24, 2.45) is 0 Å². The Hall–Kier alpha value is -3.95. The fraction of sp³-hybridized carbons (Fsp3) is 0.281. The Morgan fingerprint density at radius 2 is 1.79 bits per heavy atom. The molecule has 42 heavy (non-hydrogen) atoms. The smallest absolute Gasteiger partial charge is 0.274 e. The molecule has 10 heteroatoms. The third-order valence-corrected chi connectivity index (χ3v) is 8.56. The molecule has 0 radical (unpaired) electrons. The van der Waals surface area contributed by atoms with Gasteiger partial charge in [-0.15, -0.1) is 0 Å². The number of benzene rings is 2. The van der Waals surface area contributed by atoms with Crippen molar-refractivity contribution in [2.75, 3.05) is 13.1 Å². The van der Waals surface area contributed by atoms with Crippen molar-refractivity contribution in [1.29, 1.82) is 0 Å². The van der Waals surface area contributed by atoms with E-state index in [0.29, 0.717) is 23.2 Å². The van der Waals surface area contributed by atoms with E-state index in [4.69, 9.17) is 11.6 Å². The van der Waals surface area contributed by atoms with Crippen molar-refractivity contribution >= 4 is 17.5 Å². The molecule has 2 fully saturated rings. The van der Waals surface area contributed by atoms with Crippen LogP contribution in [0.2, 0.25) is 5.02 Å². The quantitative estimate of drug-likeness (QED) is 0.305. The fourth-order valence-electron chi connectivity index (χ4n) is 5.90. The monoisotopic (exact) mass is 593 g/mol. The molecule has 3 atom stereocenters. The maximum absolute atomic E-state index is 16.3. The second kappa shape index (κ2) is 10.7. The number of halogens is 4. The summed E-state index contributed by atoms with van der Waals surface area (Å²) in [4.78, 5) is 32.1. The van der Waals surface area contributed by atoms with Crippen molar-refractivity contribution in [2.45, 2.75) is 44.6 Å². The number of aryl methyl sites for hydroxylation is 2. The summed E-state index contributed by atoms with van der Waals surface area (Å²) in [6.45, 7) is 3.63. The normalized spacial score (nSPS) is 19.8. The van der Waals surface area contributed by atoms with Crippen molar-refractivity contribution < 1.29 is 23.1 Å². The molecule has 1 amide bonds. The van der Waals surface area contributed by atoms with Gasteiger partial charge in [0.2, 0.25) is 0 Å². The summed E-state index contributed by atoms with van der Waals surface area (Å²) in [5, 5.41) is 9.75. The van der Waals surface area contributed by atoms with E-state index in [9.17, 15) is 19.1 Å². The van der Waals surface area contributed by atoms with Gasteiger partial charge >= 0.3 is 0 Å². The third kappa shape index (κ3) is 4.80. The Labute approximate surface area is 245 Å². The number of carbonyl (C=O) groups excluding carboxylic acids is 1. The van der Waals surface area contributed by atoms with Gasteiger partial charge in [-0.25, -0.2) is 13.2 Å². The van der Waals surface area contributed by atoms with Crippen LogP contribution < -0.4 is 5.56 Å². The molecule has 1 unspecified atom stereocenters. The maximum Gasteiger partial charge on any atom is 0.274 e. The van der Waals surface area contributed by atoms with Gasteiger partial charge < -0.3 is 10.0 Å². The molecule has 6 nitrogen and oxygen atoms in total. The second-order valence-corrected chi connectivity index (χ2v) is 11.4. The van der Waals surface area contributed by atoms with E-state index in [1.165, 1.54) is 41.4 Å². The lowest BCUT2D eigenvalue weighted by atomic mass is 10.0. The van der Waals surface area contributed by atoms with Gasteiger partial charge in [0, 0.05) is 30.5 Å². The van der Waals surface area contributed by atoms with E-state index < -0.39 is 29.2 Å². The molecular formula is C32H27ClF3N3O3. The predicted molar refractivity (Wildman–Crippen MR) is 153 cm³/mol. The van der Waals surface area contributed by atoms with E-state index in [-0.39, 0.29) is 58.3 Å². The van der Waals surface area contributed by atoms with Crippen LogP contribution in [0, 0.1) is 31.3 Å². The molecule has 0 spiro atoms. The average molecular weight is 594 g/mol. The molecule has 0 bridgehead atoms. The standard InChI is InChI=1S/C32H27ClF3N3O3/c1-16-14-37-29(21-4-3-5-22(27(21)35)31(41)38-11-10-20(40)15-38)28(36)30(16)39-17(2)12-25(26(33)32(39)42)24-13-23(24)18-6-8-19(34)9-7-18/h3-9,12,14,20,23-24,40H,10-11,13,15H2,1-2H3/t20-,23?,24+/m0/s1. The van der Waals surface area contributed by atoms with Gasteiger partial charge in [-0.3, -0.25) is 19.1 Å². The van der Waals surface area contributed by atoms with Gasteiger partial charge in [-0.2, -0.15) is 0 Å². The van der Waals surface area contributed by atoms with E-state index >= 15 is 8.78 Å². The van der Waals surface area contributed by atoms with Crippen molar-refractivity contribution in [1.82, 2.24) is 14.5 Å². The van der Waals surface area contributed by atoms with Crippen LogP contribution in [0.4, 0.5) is 13.2 Å². The number of hydrogen-bond donors (Lipinski definition) is 1. The largest absolute Gasteiger partial charge is 0.391 e. The van der Waals surface area contributed by atoms with Crippen LogP contribution in [0.15, 0.2) is 59.5 Å². The van der Waals surface area contributed by atoms with Crippen LogP contribution in [0.25, 0.3) is 16.9 Å². The topological polar surface area (TPSA) is 75.4 Å². The number of likely N-dealkylation sites (tertiary alicyclic amines) is 1. The van der Waals surface area contributed by atoms with Gasteiger partial charge in [0.05, 0.1) is 17.4 Å². The first-order valence-corrected chi connectivity index (χ1v) is 14.0. The van der Waals surface area contributed by atoms with Gasteiger partial charge in [0.1, 0.15) is 22.4 Å². The SMILES string of the molecule is Cc1cnc(-c2cccc(C(=O)N3CC[C@H](O)C3)c2F)c(F)c1-n1c(C)cc([C@@H]2CC2c2ccc(F)cc2)c(Cl)c1=O. The Kier molecular flexibility index (Phi) is 7.19. The van der Waals surface area contributed by atoms with Crippen molar-refractivity contribution in [3.63, 3.8) is 0 Å². The van der Waals surface area contributed by atoms with Crippen LogP contribution >= 0.6 is 11.6 Å². The van der Waals surface area contributed by atoms with Crippen LogP contribution in [0.3, 0.4) is 0 Å². The van der Waals surface area contributed by atoms with Gasteiger partial charge in [0.25, 0.3) is 11.5 Å². The van der Waals surface area contributed by atoms with E-state index in [1.807, 2.05) is 0 Å². The Morgan fingerprint density at radius 3 is 2.48 bits per heavy atom. The molecular weight excluding hydrogens is 567 g/mol. The summed E-state index contributed by atoms with van der Waals surface area (Å²) >= 11 is 6.60. The number of nitrogens with zero attached hydrogens (tertiary/aromatic N) is 3. The summed E-state index contributed by atoms with van der Waals surface area (Å²) in [6.07, 6.45) is 1.81. The van der Waals surface area contributed by atoms with E-state index in [0.717, 1.165) is 16.6 Å². The minimum Gasteiger partial charge on any atom is -0.391 e. The number of amides is 1. The first kappa shape index (κ1) is 28.2. The number of aromatic nitrogens is 2. The van der Waals surface area contributed by atoms with Gasteiger partial charge in [-0.05, 0) is 85.5 Å². The highest BCUT2D eigenvalue weighted by atomic mass is 35.5. The number of pyridine rings is 2. The lowest BCUT2D eigenvalue weighted by molar-refractivity contribution is 0.0760. The number of hydrogen-bond acceptors (Lipinski definition) is 4. The van der Waals surface area contributed by atoms with Gasteiger partial charge in [-0.1, -0.05) is 29.8 Å². The molecule has 1 saturated heterocycles. The zero-order valence-corrected chi connectivity index (χ0v) is 23.6. The molecule has 3 heterocycles. The number of rotatable bonds is 5. The van der Waals surface area contributed by atoms with Crippen LogP contribution in [0.1, 0.15) is 57.4 Å². The highest BCUT2D eigenvalue weighted by Gasteiger charge is 2.41. The molecule has 2 aliphatic rings. The summed E-state index contributed by atoms with van der Waals surface area (Å²) in [7, 11) is 0. The number of aliphatic hydroxyl groups excluding tert-OH is 1. The average Bonchev–Trinajstić information content (AvgIpc) is 3.64. The zero-order valence-electron chi connectivity index (χ0n) is 22.9. The molecule has 1 N–H and O–H groups in total. The van der Waals surface area contributed by atoms with Crippen LogP contribution in [-0.2, 0) is 0 Å². The molecule has 1 aliphatic heterocycles. The number of β-amino-alcohol motifs (C(OH)–C–C–N with tert-alkyl or cyclic N) is 1. The Bertz CT molecular complexity index is 1790. The highest BCUT2D eigenvalue weighted by Crippen LogP contribution is 2.55. The summed E-state index contributed by atoms with van der Waals surface area (Å²) in [5.74, 6) is -2.75. The first-order valence-electron chi connectivity index (χ1n) is 13.7. The summed E-state index contributed by atoms with van der Waals surface area (Å²) in [6, 6.07) is 12.1. The predicted octanol–water partition coefficient (Wildman–Crippen LogP) is 6.06. The first-order chi connectivity index (χ1) is 20.1. The molecule has 1 saturated carbocycles. The molecule has 2 aromatic heterocycles. The molecule has 4 aromatic rings. The summed E-state index contributed by atoms with van der Waals surface area (Å²) in [5.41, 5.74) is 0.783. The fourth-order valence-corrected chi connectivity index (χ4v) is 6.18. The minimum absolute atomic E-state index is 0.0333. The number of aliphatic hydroxyl groups is 1. The lowest BCUT2D eigenvalue weighted by Gasteiger charge is -2.19. The van der Waals surface area contributed by atoms with Crippen molar-refractivity contribution in [3.05, 3.63) is 116 Å². The van der Waals surface area contributed by atoms with Crippen LogP contribution in [0.5, 0.6) is 0 Å². The maximum atomic E-state index is 16.3. The molecule has 1 aliphatic carbocycles. The Morgan fingerprint density at radius 1 is 1.05 bits per heavy atom. The van der Waals surface area contributed by atoms with Crippen molar-refractivity contribution in [3.8, 4) is 16.9 Å². The zero-order chi connectivity index (χ0) is 29.9. The van der Waals surface area contributed by atoms with Gasteiger partial charge in [0.15, 0.2) is 5.82 Å². The minimum atomic E-state index is -0.942. The number of carbonyl (C=O) groups is 1. The molecule has 2 aromatic carbocycles. The highest BCUT2D eigenvalue weighted by molar-refractivity contribution is 6.31.